The molecule has 0 bridgehead atoms. The molecular formula is C21H29N3O8S. The molecule has 12 heteroatoms. The number of carbonyl (C=O) groups is 4. The first-order valence-corrected chi connectivity index (χ1v) is 12.0. The molecule has 1 aromatic rings. The highest BCUT2D eigenvalue weighted by Crippen LogP contribution is 2.19. The molecule has 2 atom stereocenters. The summed E-state index contributed by atoms with van der Waals surface area (Å²) >= 11 is 0. The third-order valence-electron chi connectivity index (χ3n) is 5.47. The highest BCUT2D eigenvalue weighted by atomic mass is 32.2. The molecule has 4 N–H and O–H groups in total. The number of carboxylic acids is 2. The second-order valence-electron chi connectivity index (χ2n) is 8.09. The summed E-state index contributed by atoms with van der Waals surface area (Å²) in [6, 6.07) is 3.93. The van der Waals surface area contributed by atoms with Gasteiger partial charge in [-0.3, -0.25) is 14.4 Å². The van der Waals surface area contributed by atoms with Gasteiger partial charge in [0.05, 0.1) is 10.9 Å². The van der Waals surface area contributed by atoms with Gasteiger partial charge in [0.15, 0.2) is 0 Å². The normalized spacial score (nSPS) is 16.6. The number of sulfonamides is 1. The predicted octanol–water partition coefficient (Wildman–Crippen LogP) is 0.335. The van der Waals surface area contributed by atoms with Crippen LogP contribution in [0, 0.1) is 12.8 Å². The SMILES string of the molecule is Cc1ccc(S(=O)(=O)N[C@@H](C)C(=O)N2CCC(C(=O)N[C@@H](CCC(=O)O)C(=O)O)CC2)cc1. The molecule has 182 valence electrons. The van der Waals surface area contributed by atoms with Crippen molar-refractivity contribution in [2.75, 3.05) is 13.1 Å². The lowest BCUT2D eigenvalue weighted by Crippen LogP contribution is -2.51. The van der Waals surface area contributed by atoms with Gasteiger partial charge in [0.25, 0.3) is 0 Å². The van der Waals surface area contributed by atoms with E-state index in [0.29, 0.717) is 0 Å². The maximum Gasteiger partial charge on any atom is 0.326 e. The third-order valence-corrected chi connectivity index (χ3v) is 7.03. The van der Waals surface area contributed by atoms with Crippen molar-refractivity contribution >= 4 is 33.8 Å². The Kier molecular flexibility index (Phi) is 8.94. The molecule has 33 heavy (non-hydrogen) atoms. The van der Waals surface area contributed by atoms with Gasteiger partial charge in [-0.25, -0.2) is 13.2 Å². The van der Waals surface area contributed by atoms with Gasteiger partial charge in [-0.2, -0.15) is 4.72 Å². The zero-order valence-electron chi connectivity index (χ0n) is 18.5. The van der Waals surface area contributed by atoms with E-state index < -0.39 is 51.8 Å². The number of piperidine rings is 1. The van der Waals surface area contributed by atoms with Crippen LogP contribution in [0.1, 0.15) is 38.2 Å². The van der Waals surface area contributed by atoms with E-state index in [-0.39, 0.29) is 43.7 Å². The van der Waals surface area contributed by atoms with Crippen LogP contribution in [0.15, 0.2) is 29.2 Å². The number of aryl methyl sites for hydroxylation is 1. The highest BCUT2D eigenvalue weighted by molar-refractivity contribution is 7.89. The molecule has 2 amide bonds. The number of nitrogens with one attached hydrogen (secondary N) is 2. The molecule has 0 radical (unpaired) electrons. The van der Waals surface area contributed by atoms with Crippen molar-refractivity contribution in [2.45, 2.75) is 56.5 Å². The summed E-state index contributed by atoms with van der Waals surface area (Å²) in [7, 11) is -3.88. The second kappa shape index (κ2) is 11.2. The smallest absolute Gasteiger partial charge is 0.326 e. The minimum atomic E-state index is -3.88. The summed E-state index contributed by atoms with van der Waals surface area (Å²) in [5.41, 5.74) is 0.904. The predicted molar refractivity (Wildman–Crippen MR) is 117 cm³/mol. The minimum Gasteiger partial charge on any atom is -0.481 e. The van der Waals surface area contributed by atoms with Crippen molar-refractivity contribution in [1.82, 2.24) is 14.9 Å². The monoisotopic (exact) mass is 483 g/mol. The highest BCUT2D eigenvalue weighted by Gasteiger charge is 2.32. The van der Waals surface area contributed by atoms with Crippen LogP contribution < -0.4 is 10.0 Å². The summed E-state index contributed by atoms with van der Waals surface area (Å²) < 4.78 is 27.4. The quantitative estimate of drug-likeness (QED) is 0.369. The van der Waals surface area contributed by atoms with Crippen molar-refractivity contribution < 1.29 is 37.8 Å². The average Bonchev–Trinajstić information content (AvgIpc) is 2.75. The summed E-state index contributed by atoms with van der Waals surface area (Å²) in [5, 5.41) is 20.3. The Morgan fingerprint density at radius 2 is 1.67 bits per heavy atom. The molecule has 2 rings (SSSR count). The number of amides is 2. The lowest BCUT2D eigenvalue weighted by atomic mass is 9.95. The molecular weight excluding hydrogens is 454 g/mol. The van der Waals surface area contributed by atoms with E-state index in [1.54, 1.807) is 12.1 Å². The topological polar surface area (TPSA) is 170 Å². The Bertz CT molecular complexity index is 985. The van der Waals surface area contributed by atoms with Crippen LogP contribution in [0.4, 0.5) is 0 Å². The van der Waals surface area contributed by atoms with Crippen molar-refractivity contribution in [3.8, 4) is 0 Å². The zero-order chi connectivity index (χ0) is 24.8. The number of aliphatic carboxylic acids is 2. The van der Waals surface area contributed by atoms with Gasteiger partial charge >= 0.3 is 11.9 Å². The molecule has 0 aromatic heterocycles. The minimum absolute atomic E-state index is 0.0546. The third kappa shape index (κ3) is 7.53. The summed E-state index contributed by atoms with van der Waals surface area (Å²) in [6.45, 7) is 3.70. The lowest BCUT2D eigenvalue weighted by Gasteiger charge is -2.33. The number of hydrogen-bond acceptors (Lipinski definition) is 6. The Hall–Kier alpha value is -2.99. The number of carbonyl (C=O) groups excluding carboxylic acids is 2. The van der Waals surface area contributed by atoms with E-state index in [1.165, 1.54) is 24.0 Å². The number of benzene rings is 1. The molecule has 1 aliphatic rings. The standard InChI is InChI=1S/C21H29N3O8S/c1-13-3-5-16(6-4-13)33(31,32)23-14(2)20(28)24-11-9-15(10-12-24)19(27)22-17(21(29)30)7-8-18(25)26/h3-6,14-15,17,23H,7-12H2,1-2H3,(H,22,27)(H,25,26)(H,29,30)/t14-,17-/m0/s1. The largest absolute Gasteiger partial charge is 0.481 e. The average molecular weight is 484 g/mol. The van der Waals surface area contributed by atoms with Crippen LogP contribution in [0.5, 0.6) is 0 Å². The van der Waals surface area contributed by atoms with E-state index in [2.05, 4.69) is 10.0 Å². The van der Waals surface area contributed by atoms with Crippen molar-refractivity contribution in [3.63, 3.8) is 0 Å². The van der Waals surface area contributed by atoms with E-state index in [9.17, 15) is 32.7 Å². The fraction of sp³-hybridized carbons (Fsp3) is 0.524. The maximum absolute atomic E-state index is 12.7. The number of nitrogens with zero attached hydrogens (tertiary/aromatic N) is 1. The molecule has 1 fully saturated rings. The van der Waals surface area contributed by atoms with Gasteiger partial charge < -0.3 is 20.4 Å². The van der Waals surface area contributed by atoms with Crippen molar-refractivity contribution in [1.29, 1.82) is 0 Å². The van der Waals surface area contributed by atoms with Crippen LogP contribution in [0.3, 0.4) is 0 Å². The number of likely N-dealkylation sites (tertiary alicyclic amines) is 1. The molecule has 1 saturated heterocycles. The summed E-state index contributed by atoms with van der Waals surface area (Å²) in [6.07, 6.45) is -0.0620. The van der Waals surface area contributed by atoms with Gasteiger partial charge in [-0.1, -0.05) is 17.7 Å². The first-order chi connectivity index (χ1) is 15.4. The molecule has 0 spiro atoms. The molecule has 11 nitrogen and oxygen atoms in total. The molecule has 0 aliphatic carbocycles. The van der Waals surface area contributed by atoms with Gasteiger partial charge in [-0.15, -0.1) is 0 Å². The number of hydrogen-bond donors (Lipinski definition) is 4. The van der Waals surface area contributed by atoms with E-state index in [1.807, 2.05) is 6.92 Å². The van der Waals surface area contributed by atoms with Gasteiger partial charge in [0.2, 0.25) is 21.8 Å². The van der Waals surface area contributed by atoms with Crippen molar-refractivity contribution in [3.05, 3.63) is 29.8 Å². The molecule has 1 aromatic carbocycles. The van der Waals surface area contributed by atoms with Crippen LogP contribution in [-0.4, -0.2) is 72.5 Å². The Morgan fingerprint density at radius 1 is 1.09 bits per heavy atom. The van der Waals surface area contributed by atoms with Crippen LogP contribution in [0.2, 0.25) is 0 Å². The first-order valence-electron chi connectivity index (χ1n) is 10.5. The number of carboxylic acid groups (broad SMARTS) is 2. The Morgan fingerprint density at radius 3 is 2.18 bits per heavy atom. The molecule has 0 saturated carbocycles. The number of rotatable bonds is 10. The van der Waals surface area contributed by atoms with Gasteiger partial charge in [0.1, 0.15) is 6.04 Å². The van der Waals surface area contributed by atoms with Crippen LogP contribution in [-0.2, 0) is 29.2 Å². The summed E-state index contributed by atoms with van der Waals surface area (Å²) in [4.78, 5) is 48.6. The first kappa shape index (κ1) is 26.3. The van der Waals surface area contributed by atoms with E-state index in [4.69, 9.17) is 5.11 Å². The zero-order valence-corrected chi connectivity index (χ0v) is 19.3. The lowest BCUT2D eigenvalue weighted by molar-refractivity contribution is -0.144. The fourth-order valence-corrected chi connectivity index (χ4v) is 4.72. The van der Waals surface area contributed by atoms with E-state index >= 15 is 0 Å². The Labute approximate surface area is 192 Å². The van der Waals surface area contributed by atoms with E-state index in [0.717, 1.165) is 5.56 Å². The van der Waals surface area contributed by atoms with Crippen LogP contribution in [0.25, 0.3) is 0 Å². The van der Waals surface area contributed by atoms with Gasteiger partial charge in [-0.05, 0) is 45.2 Å². The van der Waals surface area contributed by atoms with Crippen molar-refractivity contribution in [2.24, 2.45) is 5.92 Å². The molecule has 0 unspecified atom stereocenters. The Balaban J connectivity index is 1.89. The molecule has 1 aliphatic heterocycles. The maximum atomic E-state index is 12.7. The second-order valence-corrected chi connectivity index (χ2v) is 9.80. The van der Waals surface area contributed by atoms with Gasteiger partial charge in [0, 0.05) is 25.4 Å². The molecule has 1 heterocycles. The fourth-order valence-electron chi connectivity index (χ4n) is 3.52. The van der Waals surface area contributed by atoms with Crippen LogP contribution >= 0.6 is 0 Å². The summed E-state index contributed by atoms with van der Waals surface area (Å²) in [5.74, 6) is -3.93.